The number of rotatable bonds is 10. The Morgan fingerprint density at radius 2 is 1.53 bits per heavy atom. The highest BCUT2D eigenvalue weighted by Crippen LogP contribution is 2.21. The van der Waals surface area contributed by atoms with Crippen molar-refractivity contribution in [3.63, 3.8) is 0 Å². The monoisotopic (exact) mass is 258 g/mol. The summed E-state index contributed by atoms with van der Waals surface area (Å²) in [6, 6.07) is 0. The molecular weight excluding hydrogens is 228 g/mol. The average molecular weight is 258 g/mol. The molecular formula is C14H30N2S. The third-order valence-corrected chi connectivity index (χ3v) is 3.93. The van der Waals surface area contributed by atoms with Crippen molar-refractivity contribution in [1.29, 1.82) is 0 Å². The molecule has 0 aromatic carbocycles. The van der Waals surface area contributed by atoms with Crippen molar-refractivity contribution in [2.45, 2.75) is 59.8 Å². The van der Waals surface area contributed by atoms with Gasteiger partial charge in [-0.05, 0) is 38.9 Å². The minimum Gasteiger partial charge on any atom is -0.393 e. The highest BCUT2D eigenvalue weighted by Gasteiger charge is 2.21. The van der Waals surface area contributed by atoms with Crippen LogP contribution in [0.2, 0.25) is 0 Å². The van der Waals surface area contributed by atoms with Crippen molar-refractivity contribution in [3.05, 3.63) is 0 Å². The van der Waals surface area contributed by atoms with E-state index in [-0.39, 0.29) is 5.41 Å². The summed E-state index contributed by atoms with van der Waals surface area (Å²) in [4.78, 5) is 3.20. The lowest BCUT2D eigenvalue weighted by Gasteiger charge is -2.28. The maximum absolute atomic E-state index is 5.77. The van der Waals surface area contributed by atoms with E-state index in [0.717, 1.165) is 13.0 Å². The molecule has 0 aliphatic carbocycles. The Morgan fingerprint density at radius 1 is 1.06 bits per heavy atom. The van der Waals surface area contributed by atoms with E-state index in [1.165, 1.54) is 38.8 Å². The molecule has 0 rings (SSSR count). The van der Waals surface area contributed by atoms with Gasteiger partial charge in [-0.25, -0.2) is 0 Å². The van der Waals surface area contributed by atoms with Crippen molar-refractivity contribution < 1.29 is 0 Å². The van der Waals surface area contributed by atoms with Crippen LogP contribution in [0.25, 0.3) is 0 Å². The number of hydrogen-bond acceptors (Lipinski definition) is 2. The summed E-state index contributed by atoms with van der Waals surface area (Å²) in [6.45, 7) is 12.3. The summed E-state index contributed by atoms with van der Waals surface area (Å²) >= 11 is 5.12. The van der Waals surface area contributed by atoms with Gasteiger partial charge in [-0.15, -0.1) is 0 Å². The molecule has 0 saturated heterocycles. The summed E-state index contributed by atoms with van der Waals surface area (Å²) in [7, 11) is 0. The van der Waals surface area contributed by atoms with Crippen LogP contribution in [0.4, 0.5) is 0 Å². The molecule has 0 aromatic rings. The standard InChI is InChI=1S/C14H30N2S/c1-5-7-10-16(11-8-6-2)12-9-14(3,4)13(15)17/h5-12H2,1-4H3,(H2,15,17). The Balaban J connectivity index is 4.09. The Morgan fingerprint density at radius 3 is 1.88 bits per heavy atom. The second-order valence-electron chi connectivity index (χ2n) is 5.55. The maximum atomic E-state index is 5.77. The van der Waals surface area contributed by atoms with Crippen LogP contribution in [0.3, 0.4) is 0 Å². The molecule has 0 spiro atoms. The highest BCUT2D eigenvalue weighted by molar-refractivity contribution is 7.80. The maximum Gasteiger partial charge on any atom is 0.0784 e. The predicted octanol–water partition coefficient (Wildman–Crippen LogP) is 3.59. The number of thiocarbonyl (C=S) groups is 1. The first kappa shape index (κ1) is 16.9. The van der Waals surface area contributed by atoms with Crippen molar-refractivity contribution in [3.8, 4) is 0 Å². The molecule has 3 heteroatoms. The van der Waals surface area contributed by atoms with Crippen LogP contribution in [-0.4, -0.2) is 29.5 Å². The topological polar surface area (TPSA) is 29.3 Å². The van der Waals surface area contributed by atoms with Crippen molar-refractivity contribution in [1.82, 2.24) is 4.90 Å². The molecule has 0 saturated carbocycles. The molecule has 2 nitrogen and oxygen atoms in total. The van der Waals surface area contributed by atoms with Crippen LogP contribution in [0, 0.1) is 5.41 Å². The Labute approximate surface area is 113 Å². The lowest BCUT2D eigenvalue weighted by Crippen LogP contribution is -2.35. The van der Waals surface area contributed by atoms with Crippen molar-refractivity contribution >= 4 is 17.2 Å². The molecule has 0 unspecified atom stereocenters. The third kappa shape index (κ3) is 7.72. The fourth-order valence-electron chi connectivity index (χ4n) is 1.66. The van der Waals surface area contributed by atoms with Gasteiger partial charge in [-0.1, -0.05) is 52.8 Å². The molecule has 0 aliphatic rings. The second kappa shape index (κ2) is 8.87. The zero-order valence-electron chi connectivity index (χ0n) is 12.1. The van der Waals surface area contributed by atoms with E-state index < -0.39 is 0 Å². The first-order valence-corrected chi connectivity index (χ1v) is 7.37. The number of nitrogens with zero attached hydrogens (tertiary/aromatic N) is 1. The average Bonchev–Trinajstić information content (AvgIpc) is 2.28. The van der Waals surface area contributed by atoms with Gasteiger partial charge < -0.3 is 10.6 Å². The van der Waals surface area contributed by atoms with E-state index in [0.29, 0.717) is 4.99 Å². The van der Waals surface area contributed by atoms with Crippen molar-refractivity contribution in [2.75, 3.05) is 19.6 Å². The summed E-state index contributed by atoms with van der Waals surface area (Å²) < 4.78 is 0. The van der Waals surface area contributed by atoms with Crippen LogP contribution < -0.4 is 5.73 Å². The number of nitrogens with two attached hydrogens (primary N) is 1. The lowest BCUT2D eigenvalue weighted by atomic mass is 9.89. The minimum atomic E-state index is -0.00792. The normalized spacial score (nSPS) is 12.1. The van der Waals surface area contributed by atoms with Gasteiger partial charge in [0.2, 0.25) is 0 Å². The zero-order chi connectivity index (χ0) is 13.3. The molecule has 17 heavy (non-hydrogen) atoms. The van der Waals surface area contributed by atoms with Gasteiger partial charge in [-0.3, -0.25) is 0 Å². The van der Waals surface area contributed by atoms with Gasteiger partial charge >= 0.3 is 0 Å². The van der Waals surface area contributed by atoms with Gasteiger partial charge in [0.05, 0.1) is 4.99 Å². The predicted molar refractivity (Wildman–Crippen MR) is 81.4 cm³/mol. The van der Waals surface area contributed by atoms with E-state index in [4.69, 9.17) is 18.0 Å². The second-order valence-corrected chi connectivity index (χ2v) is 5.99. The molecule has 0 aromatic heterocycles. The Hall–Kier alpha value is -0.150. The van der Waals surface area contributed by atoms with Crippen LogP contribution in [0.15, 0.2) is 0 Å². The first-order valence-electron chi connectivity index (χ1n) is 6.96. The molecule has 0 atom stereocenters. The Kier molecular flexibility index (Phi) is 8.79. The van der Waals surface area contributed by atoms with E-state index in [1.807, 2.05) is 0 Å². The van der Waals surface area contributed by atoms with E-state index in [1.54, 1.807) is 0 Å². The van der Waals surface area contributed by atoms with Crippen LogP contribution >= 0.6 is 12.2 Å². The molecule has 2 N–H and O–H groups in total. The largest absolute Gasteiger partial charge is 0.393 e. The first-order chi connectivity index (χ1) is 7.94. The summed E-state index contributed by atoms with van der Waals surface area (Å²) in [5.74, 6) is 0. The summed E-state index contributed by atoms with van der Waals surface area (Å²) in [5, 5.41) is 0. The molecule has 0 bridgehead atoms. The summed E-state index contributed by atoms with van der Waals surface area (Å²) in [6.07, 6.45) is 6.17. The molecule has 0 aliphatic heterocycles. The molecule has 0 radical (unpaired) electrons. The molecule has 0 fully saturated rings. The van der Waals surface area contributed by atoms with Gasteiger partial charge in [0.15, 0.2) is 0 Å². The Bertz CT molecular complexity index is 206. The SMILES string of the molecule is CCCCN(CCCC)CCC(C)(C)C(N)=S. The van der Waals surface area contributed by atoms with Gasteiger partial charge in [0.25, 0.3) is 0 Å². The fourth-order valence-corrected chi connectivity index (χ4v) is 1.76. The molecule has 0 heterocycles. The fraction of sp³-hybridized carbons (Fsp3) is 0.929. The van der Waals surface area contributed by atoms with Crippen LogP contribution in [0.1, 0.15) is 59.8 Å². The number of unbranched alkanes of at least 4 members (excludes halogenated alkanes) is 2. The number of hydrogen-bond donors (Lipinski definition) is 1. The van der Waals surface area contributed by atoms with Gasteiger partial charge in [0, 0.05) is 5.41 Å². The minimum absolute atomic E-state index is 0.00792. The van der Waals surface area contributed by atoms with E-state index >= 15 is 0 Å². The van der Waals surface area contributed by atoms with Crippen LogP contribution in [0.5, 0.6) is 0 Å². The quantitative estimate of drug-likeness (QED) is 0.607. The van der Waals surface area contributed by atoms with Gasteiger partial charge in [-0.2, -0.15) is 0 Å². The van der Waals surface area contributed by atoms with Gasteiger partial charge in [0.1, 0.15) is 0 Å². The van der Waals surface area contributed by atoms with Crippen LogP contribution in [-0.2, 0) is 0 Å². The lowest BCUT2D eigenvalue weighted by molar-refractivity contribution is 0.239. The van der Waals surface area contributed by atoms with Crippen molar-refractivity contribution in [2.24, 2.45) is 11.1 Å². The summed E-state index contributed by atoms with van der Waals surface area (Å²) in [5.41, 5.74) is 5.76. The molecule has 0 amide bonds. The third-order valence-electron chi connectivity index (χ3n) is 3.38. The zero-order valence-corrected chi connectivity index (χ0v) is 12.9. The smallest absolute Gasteiger partial charge is 0.0784 e. The molecule has 102 valence electrons. The highest BCUT2D eigenvalue weighted by atomic mass is 32.1. The van der Waals surface area contributed by atoms with E-state index in [2.05, 4.69) is 32.6 Å². The van der Waals surface area contributed by atoms with E-state index in [9.17, 15) is 0 Å².